The zero-order chi connectivity index (χ0) is 17.9. The predicted octanol–water partition coefficient (Wildman–Crippen LogP) is 6.43. The fraction of sp³-hybridized carbons (Fsp3) is 0.545. The van der Waals surface area contributed by atoms with E-state index in [4.69, 9.17) is 4.74 Å². The third kappa shape index (κ3) is 6.15. The van der Waals surface area contributed by atoms with Gasteiger partial charge in [-0.2, -0.15) is 0 Å². The molecule has 3 heteroatoms. The van der Waals surface area contributed by atoms with Gasteiger partial charge in [-0.15, -0.1) is 0 Å². The Bertz CT molecular complexity index is 640. The number of rotatable bonds is 11. The smallest absolute Gasteiger partial charge is 0.241 e. The molecule has 1 heterocycles. The van der Waals surface area contributed by atoms with Crippen LogP contribution in [0, 0.1) is 6.92 Å². The molecule has 0 saturated heterocycles. The molecule has 0 aliphatic heterocycles. The Labute approximate surface area is 152 Å². The number of para-hydroxylation sites is 1. The van der Waals surface area contributed by atoms with Crippen LogP contribution in [0.25, 0.3) is 0 Å². The van der Waals surface area contributed by atoms with E-state index in [2.05, 4.69) is 48.9 Å². The van der Waals surface area contributed by atoms with E-state index in [1.54, 1.807) is 12.4 Å². The lowest BCUT2D eigenvalue weighted by molar-refractivity contribution is 0.441. The van der Waals surface area contributed by atoms with Crippen LogP contribution in [0.1, 0.15) is 75.6 Å². The maximum absolute atomic E-state index is 6.20. The molecule has 1 aromatic carbocycles. The van der Waals surface area contributed by atoms with Crippen LogP contribution in [0.4, 0.5) is 0 Å². The van der Waals surface area contributed by atoms with Gasteiger partial charge in [0.15, 0.2) is 0 Å². The molecule has 0 aliphatic carbocycles. The number of benzene rings is 1. The second-order valence-electron chi connectivity index (χ2n) is 6.70. The van der Waals surface area contributed by atoms with Crippen LogP contribution in [0.15, 0.2) is 30.6 Å². The first-order valence-electron chi connectivity index (χ1n) is 9.82. The first-order chi connectivity index (χ1) is 12.3. The summed E-state index contributed by atoms with van der Waals surface area (Å²) in [6, 6.07) is 6.28. The highest BCUT2D eigenvalue weighted by Crippen LogP contribution is 2.30. The number of hydrogen-bond donors (Lipinski definition) is 0. The molecule has 2 rings (SSSR count). The van der Waals surface area contributed by atoms with E-state index in [9.17, 15) is 0 Å². The molecule has 136 valence electrons. The van der Waals surface area contributed by atoms with E-state index >= 15 is 0 Å². The van der Waals surface area contributed by atoms with Gasteiger partial charge in [-0.1, -0.05) is 70.6 Å². The molecule has 1 aromatic heterocycles. The van der Waals surface area contributed by atoms with Crippen molar-refractivity contribution < 1.29 is 4.74 Å². The topological polar surface area (TPSA) is 35.0 Å². The summed E-state index contributed by atoms with van der Waals surface area (Å²) in [6.45, 7) is 6.49. The van der Waals surface area contributed by atoms with Gasteiger partial charge in [0.05, 0.1) is 0 Å². The molecule has 3 nitrogen and oxygen atoms in total. The summed E-state index contributed by atoms with van der Waals surface area (Å²) in [5, 5.41) is 0. The van der Waals surface area contributed by atoms with Crippen molar-refractivity contribution in [2.75, 3.05) is 0 Å². The molecule has 25 heavy (non-hydrogen) atoms. The van der Waals surface area contributed by atoms with Gasteiger partial charge >= 0.3 is 0 Å². The summed E-state index contributed by atoms with van der Waals surface area (Å²) in [4.78, 5) is 8.96. The van der Waals surface area contributed by atoms with Crippen LogP contribution in [0.5, 0.6) is 11.6 Å². The average Bonchev–Trinajstić information content (AvgIpc) is 2.63. The molecule has 0 saturated carbocycles. The summed E-state index contributed by atoms with van der Waals surface area (Å²) in [6.07, 6.45) is 14.5. The molecule has 0 N–H and O–H groups in total. The first kappa shape index (κ1) is 19.4. The maximum atomic E-state index is 6.20. The Kier molecular flexibility index (Phi) is 8.44. The number of hydrogen-bond acceptors (Lipinski definition) is 3. The average molecular weight is 341 g/mol. The van der Waals surface area contributed by atoms with Crippen molar-refractivity contribution >= 4 is 0 Å². The Morgan fingerprint density at radius 1 is 0.880 bits per heavy atom. The van der Waals surface area contributed by atoms with Crippen LogP contribution in [-0.4, -0.2) is 9.97 Å². The van der Waals surface area contributed by atoms with Gasteiger partial charge in [-0.3, -0.25) is 4.98 Å². The minimum atomic E-state index is 0.664. The van der Waals surface area contributed by atoms with E-state index in [-0.39, 0.29) is 0 Å². The minimum Gasteiger partial charge on any atom is -0.437 e. The van der Waals surface area contributed by atoms with Crippen molar-refractivity contribution in [2.24, 2.45) is 0 Å². The summed E-state index contributed by atoms with van der Waals surface area (Å²) in [5.41, 5.74) is 3.33. The largest absolute Gasteiger partial charge is 0.437 e. The van der Waals surface area contributed by atoms with E-state index in [0.29, 0.717) is 5.88 Å². The van der Waals surface area contributed by atoms with E-state index in [1.165, 1.54) is 44.1 Å². The second-order valence-corrected chi connectivity index (χ2v) is 6.70. The Morgan fingerprint density at radius 2 is 1.60 bits per heavy atom. The Hall–Kier alpha value is -1.90. The van der Waals surface area contributed by atoms with Gasteiger partial charge in [-0.05, 0) is 37.3 Å². The Morgan fingerprint density at radius 3 is 2.36 bits per heavy atom. The van der Waals surface area contributed by atoms with E-state index < -0.39 is 0 Å². The summed E-state index contributed by atoms with van der Waals surface area (Å²) in [7, 11) is 0. The fourth-order valence-electron chi connectivity index (χ4n) is 3.09. The summed E-state index contributed by atoms with van der Waals surface area (Å²) < 4.78 is 6.20. The molecule has 0 spiro atoms. The normalized spacial score (nSPS) is 10.8. The van der Waals surface area contributed by atoms with Gasteiger partial charge in [0.1, 0.15) is 11.4 Å². The van der Waals surface area contributed by atoms with Gasteiger partial charge in [0.2, 0.25) is 5.88 Å². The van der Waals surface area contributed by atoms with Crippen LogP contribution >= 0.6 is 0 Å². The molecular weight excluding hydrogens is 308 g/mol. The lowest BCUT2D eigenvalue weighted by atomic mass is 10.1. The zero-order valence-electron chi connectivity index (χ0n) is 16.1. The molecular formula is C22H32N2O. The quantitative estimate of drug-likeness (QED) is 0.442. The molecule has 0 bridgehead atoms. The van der Waals surface area contributed by atoms with Gasteiger partial charge in [0, 0.05) is 12.4 Å². The summed E-state index contributed by atoms with van der Waals surface area (Å²) >= 11 is 0. The second kappa shape index (κ2) is 10.9. The van der Waals surface area contributed by atoms with Gasteiger partial charge in [-0.25, -0.2) is 4.98 Å². The lowest BCUT2D eigenvalue weighted by Gasteiger charge is -2.14. The SMILES string of the molecule is CCCCCCCCCc1nccnc1Oc1c(C)cccc1CC. The van der Waals surface area contributed by atoms with Crippen molar-refractivity contribution in [1.29, 1.82) is 0 Å². The highest BCUT2D eigenvalue weighted by Gasteiger charge is 2.12. The zero-order valence-corrected chi connectivity index (χ0v) is 16.1. The monoisotopic (exact) mass is 340 g/mol. The van der Waals surface area contributed by atoms with Crippen molar-refractivity contribution in [3.8, 4) is 11.6 Å². The Balaban J connectivity index is 1.95. The van der Waals surface area contributed by atoms with E-state index in [0.717, 1.165) is 36.3 Å². The maximum Gasteiger partial charge on any atom is 0.241 e. The lowest BCUT2D eigenvalue weighted by Crippen LogP contribution is -2.01. The van der Waals surface area contributed by atoms with Crippen LogP contribution < -0.4 is 4.74 Å². The molecule has 0 amide bonds. The third-order valence-electron chi connectivity index (χ3n) is 4.63. The number of nitrogens with zero attached hydrogens (tertiary/aromatic N) is 2. The molecule has 0 fully saturated rings. The minimum absolute atomic E-state index is 0.664. The number of ether oxygens (including phenoxy) is 1. The van der Waals surface area contributed by atoms with Crippen LogP contribution in [0.3, 0.4) is 0 Å². The molecule has 2 aromatic rings. The number of aromatic nitrogens is 2. The van der Waals surface area contributed by atoms with Gasteiger partial charge < -0.3 is 4.74 Å². The summed E-state index contributed by atoms with van der Waals surface area (Å²) in [5.74, 6) is 1.60. The third-order valence-corrected chi connectivity index (χ3v) is 4.63. The van der Waals surface area contributed by atoms with Crippen molar-refractivity contribution in [2.45, 2.75) is 78.6 Å². The van der Waals surface area contributed by atoms with Crippen molar-refractivity contribution in [1.82, 2.24) is 9.97 Å². The number of aryl methyl sites for hydroxylation is 3. The highest BCUT2D eigenvalue weighted by atomic mass is 16.5. The number of unbranched alkanes of at least 4 members (excludes halogenated alkanes) is 6. The predicted molar refractivity (Wildman–Crippen MR) is 104 cm³/mol. The van der Waals surface area contributed by atoms with Crippen molar-refractivity contribution in [3.05, 3.63) is 47.4 Å². The molecule has 0 radical (unpaired) electrons. The van der Waals surface area contributed by atoms with Gasteiger partial charge in [0.25, 0.3) is 0 Å². The molecule has 0 atom stereocenters. The fourth-order valence-corrected chi connectivity index (χ4v) is 3.09. The molecule has 0 aliphatic rings. The highest BCUT2D eigenvalue weighted by molar-refractivity contribution is 5.43. The van der Waals surface area contributed by atoms with Crippen LogP contribution in [0.2, 0.25) is 0 Å². The van der Waals surface area contributed by atoms with Crippen molar-refractivity contribution in [3.63, 3.8) is 0 Å². The first-order valence-corrected chi connectivity index (χ1v) is 9.82. The standard InChI is InChI=1S/C22H32N2O/c1-4-6-7-8-9-10-11-15-20-22(24-17-16-23-20)25-21-18(3)13-12-14-19(21)5-2/h12-14,16-17H,4-11,15H2,1-3H3. The van der Waals surface area contributed by atoms with Crippen LogP contribution in [-0.2, 0) is 12.8 Å². The van der Waals surface area contributed by atoms with E-state index in [1.807, 2.05) is 0 Å². The molecule has 0 unspecified atom stereocenters.